The summed E-state index contributed by atoms with van der Waals surface area (Å²) in [6.45, 7) is 17.6. The van der Waals surface area contributed by atoms with Crippen molar-refractivity contribution in [3.05, 3.63) is 11.6 Å². The van der Waals surface area contributed by atoms with Crippen LogP contribution in [0.5, 0.6) is 0 Å². The summed E-state index contributed by atoms with van der Waals surface area (Å²) in [5, 5.41) is 145. The van der Waals surface area contributed by atoms with E-state index in [9.17, 15) is 79.4 Å². The molecule has 0 aromatic carbocycles. The molecule has 9 aliphatic rings. The Labute approximate surface area is 519 Å². The third-order valence-electron chi connectivity index (χ3n) is 21.1. The number of allylic oxidation sites excluding steroid dienone is 2. The average molecular weight is 1250 g/mol. The van der Waals surface area contributed by atoms with Gasteiger partial charge in [-0.25, -0.2) is 8.42 Å². The molecule has 28 heteroatoms. The Bertz CT molecular complexity index is 2380. The van der Waals surface area contributed by atoms with Gasteiger partial charge in [0.05, 0.1) is 46.7 Å². The summed E-state index contributed by atoms with van der Waals surface area (Å²) in [4.78, 5) is 0. The van der Waals surface area contributed by atoms with Crippen molar-refractivity contribution >= 4 is 10.1 Å². The van der Waals surface area contributed by atoms with Gasteiger partial charge in [-0.1, -0.05) is 46.3 Å². The average Bonchev–Trinajstić information content (AvgIpc) is 2.40. The van der Waals surface area contributed by atoms with E-state index in [1.165, 1.54) is 40.2 Å². The summed E-state index contributed by atoms with van der Waals surface area (Å²) in [5.41, 5.74) is 0.352. The van der Waals surface area contributed by atoms with Crippen LogP contribution in [0.4, 0.5) is 0 Å². The second-order valence-electron chi connectivity index (χ2n) is 27.1. The normalized spacial score (nSPS) is 51.8. The van der Waals surface area contributed by atoms with Gasteiger partial charge in [0.15, 0.2) is 31.5 Å². The molecule has 0 bridgehead atoms. The fraction of sp³-hybridized carbons (Fsp3) is 0.965. The van der Waals surface area contributed by atoms with Crippen LogP contribution in [0, 0.1) is 46.3 Å². The van der Waals surface area contributed by atoms with Gasteiger partial charge in [0.1, 0.15) is 91.6 Å². The minimum absolute atomic E-state index is 0. The maximum absolute atomic E-state index is 12.8. The van der Waals surface area contributed by atoms with Gasteiger partial charge in [0, 0.05) is 5.25 Å². The quantitative estimate of drug-likeness (QED) is 0.0300. The van der Waals surface area contributed by atoms with Gasteiger partial charge in [-0.3, -0.25) is 0 Å². The molecular formula is C57H95NaO26S. The zero-order valence-electron chi connectivity index (χ0n) is 50.5. The maximum Gasteiger partial charge on any atom is 1.00 e. The monoisotopic (exact) mass is 1250 g/mol. The summed E-state index contributed by atoms with van der Waals surface area (Å²) in [6, 6.07) is 0. The van der Waals surface area contributed by atoms with Crippen molar-refractivity contribution < 1.29 is 156 Å². The van der Waals surface area contributed by atoms with Crippen LogP contribution in [0.15, 0.2) is 11.6 Å². The third-order valence-corrected chi connectivity index (χ3v) is 22.3. The van der Waals surface area contributed by atoms with Crippen LogP contribution >= 0.6 is 0 Å². The van der Waals surface area contributed by atoms with E-state index in [2.05, 4.69) is 40.7 Å². The molecule has 0 radical (unpaired) electrons. The third kappa shape index (κ3) is 13.6. The van der Waals surface area contributed by atoms with Crippen LogP contribution in [0.25, 0.3) is 0 Å². The van der Waals surface area contributed by atoms with Gasteiger partial charge in [-0.05, 0) is 139 Å². The van der Waals surface area contributed by atoms with Crippen LogP contribution in [-0.4, -0.2) is 250 Å². The molecule has 0 aromatic heterocycles. The van der Waals surface area contributed by atoms with Gasteiger partial charge < -0.3 is 118 Å². The SMILES string of the molecule is CC(C)CC(O)C[C@@H](C)[C@H]1CC[C@H]2[C@@H]3C[C@H](O[C@@H]4O[C@H](C)C(O)(O)[C@H](O[C@@H]5O[C@H](C)[C@@H](O[C@@H]6O[C@H](C)[C@H](O)[C@H](O)[C@H]6O[C@@H]6O[C@H](C)[C@H](O)[C@H](O)[C@H]6O)[C@H](O)[C@H]5O[C@@H]5O[C@H](C)[C@@H](O)[C@H](O)[C@H]5O)[C@H]4O)[C@H]4C[C@@H](S(=O)(=O)[O-])CC[C@]4(C)C3=CC[C@]12C.[Na+]. The Balaban J connectivity index is 0.00000940. The molecule has 26 nitrogen and oxygen atoms in total. The number of ether oxygens (including phenoxy) is 10. The van der Waals surface area contributed by atoms with Gasteiger partial charge in [0.2, 0.25) is 5.79 Å². The molecule has 0 aromatic rings. The predicted octanol–water partition coefficient (Wildman–Crippen LogP) is -4.53. The molecule has 5 aliphatic heterocycles. The predicted molar refractivity (Wildman–Crippen MR) is 287 cm³/mol. The molecule has 34 atom stereocenters. The first-order chi connectivity index (χ1) is 39.1. The van der Waals surface area contributed by atoms with E-state index in [0.29, 0.717) is 31.6 Å². The summed E-state index contributed by atoms with van der Waals surface area (Å²) in [7, 11) is -4.76. The Morgan fingerprint density at radius 3 is 1.66 bits per heavy atom. The van der Waals surface area contributed by atoms with Crippen LogP contribution < -0.4 is 29.6 Å². The van der Waals surface area contributed by atoms with Crippen molar-refractivity contribution in [2.24, 2.45) is 46.3 Å². The fourth-order valence-corrected chi connectivity index (χ4v) is 17.0. The Morgan fingerprint density at radius 1 is 0.588 bits per heavy atom. The molecule has 1 unspecified atom stereocenters. The second kappa shape index (κ2) is 27.0. The molecule has 8 fully saturated rings. The van der Waals surface area contributed by atoms with Crippen molar-refractivity contribution in [2.45, 2.75) is 298 Å². The molecule has 4 aliphatic carbocycles. The van der Waals surface area contributed by atoms with Crippen LogP contribution in [0.3, 0.4) is 0 Å². The Hall–Kier alpha value is -0.270. The molecule has 0 spiro atoms. The first-order valence-corrected chi connectivity index (χ1v) is 31.7. The van der Waals surface area contributed by atoms with Crippen molar-refractivity contribution in [3.8, 4) is 0 Å². The maximum atomic E-state index is 12.8. The smallest absolute Gasteiger partial charge is 0.748 e. The Morgan fingerprint density at radius 2 is 1.09 bits per heavy atom. The largest absolute Gasteiger partial charge is 1.00 e. The van der Waals surface area contributed by atoms with E-state index < -0.39 is 192 Å². The number of aliphatic hydroxyl groups is 13. The summed E-state index contributed by atoms with van der Waals surface area (Å²) in [6.07, 6.45) is -35.5. The van der Waals surface area contributed by atoms with Gasteiger partial charge >= 0.3 is 29.6 Å². The first-order valence-electron chi connectivity index (χ1n) is 30.2. The molecule has 3 saturated carbocycles. The van der Waals surface area contributed by atoms with E-state index in [1.54, 1.807) is 0 Å². The standard InChI is InChI=1S/C57H96O26S.Na/c1-21(2)17-28(58)18-22(3)31-11-12-32-30-20-35(34-19-29(84(71,72)73)13-15-56(34,10)33(30)14-16-55(31,32)9)79-52-45(68)49(57(69,70)27(8)78-52)83-54-48(82-51-43(66)40(63)37(60)24(5)75-51)44(67)46(26(7)77-54)80-53-47(41(64)38(61)25(6)76-53)81-50-42(65)39(62)36(59)23(4)74-50;/h14,21-32,34-54,58-70H,11-13,15-20H2,1-10H3,(H,71,72,73);/q;+1/p-1/t22-,23-,24-,25-,26-,27-,28?,29+,30+,31-,32+,34-,35+,36+,37-,38+,39+,40+,41+,42-,43-,44+,45-,46-,47-,48-,49-,50+,51+,52+,53+,54+,55-,56-;/m1./s1. The van der Waals surface area contributed by atoms with Gasteiger partial charge in [-0.15, -0.1) is 0 Å². The number of rotatable bonds is 16. The number of aliphatic hydroxyl groups excluding tert-OH is 11. The number of fused-ring (bicyclic) bond motifs is 5. The van der Waals surface area contributed by atoms with E-state index in [1.807, 2.05) is 0 Å². The molecule has 85 heavy (non-hydrogen) atoms. The molecule has 486 valence electrons. The molecule has 9 rings (SSSR count). The van der Waals surface area contributed by atoms with Crippen LogP contribution in [0.2, 0.25) is 0 Å². The number of hydrogen-bond acceptors (Lipinski definition) is 26. The van der Waals surface area contributed by atoms with Crippen LogP contribution in [-0.2, 0) is 57.5 Å². The molecule has 0 amide bonds. The molecule has 5 saturated heterocycles. The van der Waals surface area contributed by atoms with E-state index >= 15 is 0 Å². The Kier molecular flexibility index (Phi) is 22.4. The summed E-state index contributed by atoms with van der Waals surface area (Å²) < 4.78 is 99.7. The summed E-state index contributed by atoms with van der Waals surface area (Å²) >= 11 is 0. The molecular weight excluding hydrogens is 1160 g/mol. The first kappa shape index (κ1) is 70.6. The van der Waals surface area contributed by atoms with Crippen molar-refractivity contribution in [1.82, 2.24) is 0 Å². The minimum atomic E-state index is -4.76. The van der Waals surface area contributed by atoms with Crippen molar-refractivity contribution in [2.75, 3.05) is 0 Å². The fourth-order valence-electron chi connectivity index (χ4n) is 16.2. The van der Waals surface area contributed by atoms with E-state index in [0.717, 1.165) is 19.3 Å². The van der Waals surface area contributed by atoms with Gasteiger partial charge in [0.25, 0.3) is 0 Å². The second-order valence-corrected chi connectivity index (χ2v) is 28.8. The number of hydrogen-bond donors (Lipinski definition) is 13. The van der Waals surface area contributed by atoms with Crippen LogP contribution in [0.1, 0.15) is 127 Å². The molecule has 5 heterocycles. The topological polar surface area (TPSA) is 412 Å². The summed E-state index contributed by atoms with van der Waals surface area (Å²) in [5.74, 6) is -2.76. The molecule has 13 N–H and O–H groups in total. The van der Waals surface area contributed by atoms with E-state index in [4.69, 9.17) is 47.4 Å². The van der Waals surface area contributed by atoms with Crippen molar-refractivity contribution in [1.29, 1.82) is 0 Å². The van der Waals surface area contributed by atoms with Gasteiger partial charge in [-0.2, -0.15) is 0 Å². The van der Waals surface area contributed by atoms with E-state index in [-0.39, 0.29) is 71.5 Å². The zero-order valence-corrected chi connectivity index (χ0v) is 53.3. The zero-order chi connectivity index (χ0) is 61.8. The minimum Gasteiger partial charge on any atom is -0.748 e. The van der Waals surface area contributed by atoms with Crippen molar-refractivity contribution in [3.63, 3.8) is 0 Å².